The Kier molecular flexibility index (Phi) is 5.96. The van der Waals surface area contributed by atoms with E-state index < -0.39 is 10.0 Å². The van der Waals surface area contributed by atoms with E-state index in [0.717, 1.165) is 12.0 Å². The van der Waals surface area contributed by atoms with E-state index in [2.05, 4.69) is 4.72 Å². The maximum absolute atomic E-state index is 12.1. The molecule has 0 bridgehead atoms. The summed E-state index contributed by atoms with van der Waals surface area (Å²) in [4.78, 5) is 0.198. The molecule has 19 heavy (non-hydrogen) atoms. The lowest BCUT2D eigenvalue weighted by molar-refractivity contribution is 0.527. The molecular formula is C13H19N3O2S. The molecule has 0 aliphatic carbocycles. The molecule has 0 spiro atoms. The number of nitrogens with one attached hydrogen (secondary N) is 1. The van der Waals surface area contributed by atoms with E-state index in [1.807, 2.05) is 13.0 Å². The van der Waals surface area contributed by atoms with Gasteiger partial charge >= 0.3 is 0 Å². The van der Waals surface area contributed by atoms with Crippen molar-refractivity contribution in [3.63, 3.8) is 0 Å². The van der Waals surface area contributed by atoms with Crippen molar-refractivity contribution >= 4 is 10.0 Å². The first-order valence-corrected chi connectivity index (χ1v) is 7.70. The molecule has 0 aliphatic rings. The quantitative estimate of drug-likeness (QED) is 0.783. The molecule has 0 aromatic heterocycles. The molecule has 1 aromatic rings. The second kappa shape index (κ2) is 7.24. The topological polar surface area (TPSA) is 96.0 Å². The third-order valence-electron chi connectivity index (χ3n) is 2.76. The lowest BCUT2D eigenvalue weighted by Crippen LogP contribution is -2.39. The molecule has 0 fully saturated rings. The Balaban J connectivity index is 2.85. The Labute approximate surface area is 114 Å². The molecule has 0 heterocycles. The molecule has 1 aromatic carbocycles. The second-order valence-corrected chi connectivity index (χ2v) is 6.04. The first-order chi connectivity index (χ1) is 9.03. The lowest BCUT2D eigenvalue weighted by atomic mass is 10.2. The molecule has 1 atom stereocenters. The van der Waals surface area contributed by atoms with E-state index in [4.69, 9.17) is 11.0 Å². The first kappa shape index (κ1) is 15.6. The fraction of sp³-hybridized carbons (Fsp3) is 0.462. The standard InChI is InChI=1S/C13H19N3O2S/c1-2-3-12(10-15)16-19(17,18)13-6-4-11(5-7-13)8-9-14/h4-7,12,16H,2-3,8,10,15H2,1H3. The van der Waals surface area contributed by atoms with Crippen molar-refractivity contribution in [3.05, 3.63) is 29.8 Å². The maximum atomic E-state index is 12.1. The van der Waals surface area contributed by atoms with Gasteiger partial charge < -0.3 is 5.73 Å². The van der Waals surface area contributed by atoms with Gasteiger partial charge in [-0.25, -0.2) is 13.1 Å². The molecule has 0 saturated carbocycles. The highest BCUT2D eigenvalue weighted by molar-refractivity contribution is 7.89. The summed E-state index contributed by atoms with van der Waals surface area (Å²) in [5.74, 6) is 0. The van der Waals surface area contributed by atoms with Gasteiger partial charge in [0.1, 0.15) is 0 Å². The van der Waals surface area contributed by atoms with Crippen molar-refractivity contribution < 1.29 is 8.42 Å². The van der Waals surface area contributed by atoms with Crippen LogP contribution < -0.4 is 10.5 Å². The van der Waals surface area contributed by atoms with Gasteiger partial charge in [-0.15, -0.1) is 0 Å². The number of nitrogens with zero attached hydrogens (tertiary/aromatic N) is 1. The Morgan fingerprint density at radius 3 is 2.47 bits per heavy atom. The Hall–Kier alpha value is -1.42. The summed E-state index contributed by atoms with van der Waals surface area (Å²) in [6.07, 6.45) is 1.85. The third kappa shape index (κ3) is 4.63. The van der Waals surface area contributed by atoms with Gasteiger partial charge in [0.2, 0.25) is 10.0 Å². The average Bonchev–Trinajstić information content (AvgIpc) is 2.39. The van der Waals surface area contributed by atoms with Crippen LogP contribution in [-0.2, 0) is 16.4 Å². The zero-order chi connectivity index (χ0) is 14.3. The van der Waals surface area contributed by atoms with Crippen LogP contribution in [0, 0.1) is 11.3 Å². The minimum atomic E-state index is -3.54. The van der Waals surface area contributed by atoms with E-state index in [-0.39, 0.29) is 23.9 Å². The van der Waals surface area contributed by atoms with Gasteiger partial charge in [0.05, 0.1) is 17.4 Å². The molecule has 1 unspecified atom stereocenters. The number of nitrogens with two attached hydrogens (primary N) is 1. The number of nitriles is 1. The molecule has 3 N–H and O–H groups in total. The molecular weight excluding hydrogens is 262 g/mol. The predicted molar refractivity (Wildman–Crippen MR) is 73.8 cm³/mol. The van der Waals surface area contributed by atoms with E-state index >= 15 is 0 Å². The van der Waals surface area contributed by atoms with Crippen LogP contribution in [0.15, 0.2) is 29.2 Å². The Morgan fingerprint density at radius 2 is 2.00 bits per heavy atom. The lowest BCUT2D eigenvalue weighted by Gasteiger charge is -2.16. The number of benzene rings is 1. The van der Waals surface area contributed by atoms with Gasteiger partial charge in [-0.3, -0.25) is 0 Å². The van der Waals surface area contributed by atoms with Crippen molar-refractivity contribution in [1.82, 2.24) is 4.72 Å². The summed E-state index contributed by atoms with van der Waals surface area (Å²) in [5, 5.41) is 8.56. The summed E-state index contributed by atoms with van der Waals surface area (Å²) in [6, 6.07) is 8.09. The highest BCUT2D eigenvalue weighted by Crippen LogP contribution is 2.12. The molecule has 0 saturated heterocycles. The van der Waals surface area contributed by atoms with Crippen LogP contribution in [0.1, 0.15) is 25.3 Å². The van der Waals surface area contributed by atoms with Gasteiger partial charge in [0.25, 0.3) is 0 Å². The van der Waals surface area contributed by atoms with Crippen LogP contribution in [0.4, 0.5) is 0 Å². The number of hydrogen-bond donors (Lipinski definition) is 2. The van der Waals surface area contributed by atoms with Crippen LogP contribution in [0.3, 0.4) is 0 Å². The minimum absolute atomic E-state index is 0.198. The molecule has 104 valence electrons. The van der Waals surface area contributed by atoms with E-state index in [0.29, 0.717) is 6.42 Å². The maximum Gasteiger partial charge on any atom is 0.240 e. The molecule has 6 heteroatoms. The fourth-order valence-electron chi connectivity index (χ4n) is 1.74. The molecule has 5 nitrogen and oxygen atoms in total. The van der Waals surface area contributed by atoms with Crippen molar-refractivity contribution in [1.29, 1.82) is 5.26 Å². The molecule has 0 radical (unpaired) electrons. The van der Waals surface area contributed by atoms with Gasteiger partial charge in [-0.05, 0) is 24.1 Å². The van der Waals surface area contributed by atoms with Crippen LogP contribution in [0.2, 0.25) is 0 Å². The summed E-state index contributed by atoms with van der Waals surface area (Å²) in [5.41, 5.74) is 6.34. The summed E-state index contributed by atoms with van der Waals surface area (Å²) >= 11 is 0. The second-order valence-electron chi connectivity index (χ2n) is 4.32. The molecule has 1 rings (SSSR count). The number of rotatable bonds is 7. The largest absolute Gasteiger partial charge is 0.329 e. The Bertz CT molecular complexity index is 532. The summed E-state index contributed by atoms with van der Waals surface area (Å²) < 4.78 is 26.8. The zero-order valence-corrected chi connectivity index (χ0v) is 11.8. The normalized spacial score (nSPS) is 12.9. The van der Waals surface area contributed by atoms with Gasteiger partial charge in [0, 0.05) is 12.6 Å². The Morgan fingerprint density at radius 1 is 1.37 bits per heavy atom. The third-order valence-corrected chi connectivity index (χ3v) is 4.30. The van der Waals surface area contributed by atoms with Gasteiger partial charge in [0.15, 0.2) is 0 Å². The number of sulfonamides is 1. The highest BCUT2D eigenvalue weighted by Gasteiger charge is 2.18. The van der Waals surface area contributed by atoms with Crippen molar-refractivity contribution in [2.24, 2.45) is 5.73 Å². The van der Waals surface area contributed by atoms with Crippen LogP contribution >= 0.6 is 0 Å². The fourth-order valence-corrected chi connectivity index (χ4v) is 3.02. The minimum Gasteiger partial charge on any atom is -0.329 e. The number of hydrogen-bond acceptors (Lipinski definition) is 4. The van der Waals surface area contributed by atoms with E-state index in [1.165, 1.54) is 12.1 Å². The smallest absolute Gasteiger partial charge is 0.240 e. The van der Waals surface area contributed by atoms with Crippen LogP contribution in [0.25, 0.3) is 0 Å². The summed E-state index contributed by atoms with van der Waals surface area (Å²) in [6.45, 7) is 2.26. The first-order valence-electron chi connectivity index (χ1n) is 6.21. The monoisotopic (exact) mass is 281 g/mol. The highest BCUT2D eigenvalue weighted by atomic mass is 32.2. The van der Waals surface area contributed by atoms with Crippen LogP contribution in [-0.4, -0.2) is 21.0 Å². The summed E-state index contributed by atoms with van der Waals surface area (Å²) in [7, 11) is -3.54. The average molecular weight is 281 g/mol. The van der Waals surface area contributed by atoms with Crippen molar-refractivity contribution in [2.45, 2.75) is 37.1 Å². The van der Waals surface area contributed by atoms with Gasteiger partial charge in [-0.1, -0.05) is 25.5 Å². The molecule has 0 amide bonds. The van der Waals surface area contributed by atoms with E-state index in [9.17, 15) is 8.42 Å². The molecule has 0 aliphatic heterocycles. The van der Waals surface area contributed by atoms with Gasteiger partial charge in [-0.2, -0.15) is 5.26 Å². The van der Waals surface area contributed by atoms with Crippen molar-refractivity contribution in [2.75, 3.05) is 6.54 Å². The SMILES string of the molecule is CCCC(CN)NS(=O)(=O)c1ccc(CC#N)cc1. The van der Waals surface area contributed by atoms with Crippen molar-refractivity contribution in [3.8, 4) is 6.07 Å². The van der Waals surface area contributed by atoms with E-state index in [1.54, 1.807) is 12.1 Å². The zero-order valence-electron chi connectivity index (χ0n) is 11.0. The predicted octanol–water partition coefficient (Wildman–Crippen LogP) is 1.16. The van der Waals surface area contributed by atoms with Crippen LogP contribution in [0.5, 0.6) is 0 Å².